The van der Waals surface area contributed by atoms with Crippen LogP contribution >= 0.6 is 0 Å². The van der Waals surface area contributed by atoms with Crippen LogP contribution in [0, 0.1) is 17.2 Å². The highest BCUT2D eigenvalue weighted by molar-refractivity contribution is 6.14. The monoisotopic (exact) mass is 257 g/mol. The van der Waals surface area contributed by atoms with Crippen molar-refractivity contribution >= 4 is 17.6 Å². The van der Waals surface area contributed by atoms with E-state index < -0.39 is 6.03 Å². The third-order valence-electron chi connectivity index (χ3n) is 3.29. The number of benzene rings is 1. The van der Waals surface area contributed by atoms with Crippen molar-refractivity contribution in [3.05, 3.63) is 29.8 Å². The van der Waals surface area contributed by atoms with Gasteiger partial charge in [-0.3, -0.25) is 4.79 Å². The van der Waals surface area contributed by atoms with Crippen molar-refractivity contribution in [3.8, 4) is 6.07 Å². The summed E-state index contributed by atoms with van der Waals surface area (Å²) in [6, 6.07) is 8.02. The van der Waals surface area contributed by atoms with Crippen LogP contribution in [0.15, 0.2) is 24.3 Å². The summed E-state index contributed by atoms with van der Waals surface area (Å²) in [5, 5.41) is 11.5. The Morgan fingerprint density at radius 1 is 1.37 bits per heavy atom. The van der Waals surface area contributed by atoms with Gasteiger partial charge in [-0.25, -0.2) is 9.69 Å². The van der Waals surface area contributed by atoms with E-state index in [-0.39, 0.29) is 11.8 Å². The highest BCUT2D eigenvalue weighted by Gasteiger charge is 2.29. The molecule has 1 heterocycles. The van der Waals surface area contributed by atoms with Gasteiger partial charge in [-0.15, -0.1) is 0 Å². The first-order valence-corrected chi connectivity index (χ1v) is 6.26. The average molecular weight is 257 g/mol. The van der Waals surface area contributed by atoms with Gasteiger partial charge in [0.15, 0.2) is 0 Å². The van der Waals surface area contributed by atoms with Crippen LogP contribution in [-0.2, 0) is 4.79 Å². The molecule has 1 aromatic rings. The molecule has 1 atom stereocenters. The molecule has 1 aliphatic heterocycles. The Balaban J connectivity index is 2.28. The van der Waals surface area contributed by atoms with Gasteiger partial charge in [0.2, 0.25) is 5.91 Å². The number of carbonyl (C=O) groups excluding carboxylic acids is 2. The molecule has 0 aliphatic carbocycles. The summed E-state index contributed by atoms with van der Waals surface area (Å²) < 4.78 is 0. The Morgan fingerprint density at radius 3 is 2.63 bits per heavy atom. The largest absolute Gasteiger partial charge is 0.337 e. The number of hydrogen-bond acceptors (Lipinski definition) is 3. The summed E-state index contributed by atoms with van der Waals surface area (Å²) in [5.41, 5.74) is 0.996. The van der Waals surface area contributed by atoms with Gasteiger partial charge >= 0.3 is 6.03 Å². The fourth-order valence-electron chi connectivity index (χ4n) is 2.07. The molecule has 1 N–H and O–H groups in total. The van der Waals surface area contributed by atoms with Gasteiger partial charge in [-0.05, 0) is 30.2 Å². The van der Waals surface area contributed by atoms with E-state index in [1.165, 1.54) is 0 Å². The fraction of sp³-hybridized carbons (Fsp3) is 0.357. The smallest absolute Gasteiger partial charge is 0.328 e. The van der Waals surface area contributed by atoms with E-state index in [0.29, 0.717) is 24.2 Å². The number of amides is 3. The summed E-state index contributed by atoms with van der Waals surface area (Å²) in [4.78, 5) is 25.3. The quantitative estimate of drug-likeness (QED) is 0.881. The number of anilines is 1. The Labute approximate surface area is 111 Å². The number of imide groups is 1. The third-order valence-corrected chi connectivity index (χ3v) is 3.29. The van der Waals surface area contributed by atoms with Crippen molar-refractivity contribution in [1.29, 1.82) is 5.26 Å². The lowest BCUT2D eigenvalue weighted by molar-refractivity contribution is -0.118. The summed E-state index contributed by atoms with van der Waals surface area (Å²) in [6.07, 6.45) is 1.21. The molecule has 1 aliphatic rings. The normalized spacial score (nSPS) is 19.6. The lowest BCUT2D eigenvalue weighted by Crippen LogP contribution is -2.41. The number of carbonyl (C=O) groups is 2. The topological polar surface area (TPSA) is 73.2 Å². The number of nitriles is 1. The summed E-state index contributed by atoms with van der Waals surface area (Å²) in [5.74, 6) is -0.0219. The van der Waals surface area contributed by atoms with Crippen molar-refractivity contribution in [2.75, 3.05) is 11.4 Å². The zero-order chi connectivity index (χ0) is 13.8. The second-order valence-electron chi connectivity index (χ2n) is 4.55. The first kappa shape index (κ1) is 13.1. The molecule has 5 heteroatoms. The van der Waals surface area contributed by atoms with Crippen molar-refractivity contribution in [3.63, 3.8) is 0 Å². The molecular formula is C14H15N3O2. The van der Waals surface area contributed by atoms with Crippen molar-refractivity contribution in [2.24, 2.45) is 5.92 Å². The zero-order valence-corrected chi connectivity index (χ0v) is 10.7. The number of nitrogens with one attached hydrogen (secondary N) is 1. The second-order valence-corrected chi connectivity index (χ2v) is 4.55. The zero-order valence-electron chi connectivity index (χ0n) is 10.7. The molecule has 2 rings (SSSR count). The molecule has 0 saturated carbocycles. The first-order valence-electron chi connectivity index (χ1n) is 6.26. The molecule has 0 radical (unpaired) electrons. The van der Waals surface area contributed by atoms with Gasteiger partial charge in [0.1, 0.15) is 0 Å². The fourth-order valence-corrected chi connectivity index (χ4v) is 2.07. The van der Waals surface area contributed by atoms with Crippen LogP contribution in [-0.4, -0.2) is 18.5 Å². The Morgan fingerprint density at radius 2 is 2.05 bits per heavy atom. The van der Waals surface area contributed by atoms with Crippen LogP contribution in [0.4, 0.5) is 10.5 Å². The van der Waals surface area contributed by atoms with E-state index in [1.807, 2.05) is 13.0 Å². The SMILES string of the molecule is CCC1CNC(=O)N(c2ccc(C#N)cc2)C(=O)C1. The predicted molar refractivity (Wildman–Crippen MR) is 70.4 cm³/mol. The first-order chi connectivity index (χ1) is 9.15. The minimum absolute atomic E-state index is 0.180. The van der Waals surface area contributed by atoms with Crippen LogP contribution in [0.25, 0.3) is 0 Å². The maximum atomic E-state index is 12.1. The minimum Gasteiger partial charge on any atom is -0.337 e. The molecule has 1 saturated heterocycles. The van der Waals surface area contributed by atoms with Gasteiger partial charge in [0.25, 0.3) is 0 Å². The van der Waals surface area contributed by atoms with Crippen molar-refractivity contribution in [2.45, 2.75) is 19.8 Å². The van der Waals surface area contributed by atoms with E-state index in [2.05, 4.69) is 5.32 Å². The molecule has 0 bridgehead atoms. The van der Waals surface area contributed by atoms with Crippen LogP contribution < -0.4 is 10.2 Å². The van der Waals surface area contributed by atoms with Crippen molar-refractivity contribution in [1.82, 2.24) is 5.32 Å². The van der Waals surface area contributed by atoms with E-state index >= 15 is 0 Å². The van der Waals surface area contributed by atoms with Gasteiger partial charge in [-0.2, -0.15) is 5.26 Å². The minimum atomic E-state index is -0.398. The third kappa shape index (κ3) is 2.74. The van der Waals surface area contributed by atoms with E-state index in [9.17, 15) is 9.59 Å². The Kier molecular flexibility index (Phi) is 3.81. The Hall–Kier alpha value is -2.35. The molecule has 1 aromatic carbocycles. The summed E-state index contributed by atoms with van der Waals surface area (Å²) in [6.45, 7) is 2.52. The van der Waals surface area contributed by atoms with Gasteiger partial charge in [0.05, 0.1) is 17.3 Å². The summed E-state index contributed by atoms with van der Waals surface area (Å²) in [7, 11) is 0. The second kappa shape index (κ2) is 5.53. The van der Waals surface area contributed by atoms with Crippen LogP contribution in [0.5, 0.6) is 0 Å². The van der Waals surface area contributed by atoms with E-state index in [4.69, 9.17) is 5.26 Å². The maximum Gasteiger partial charge on any atom is 0.328 e. The average Bonchev–Trinajstić information content (AvgIpc) is 2.57. The van der Waals surface area contributed by atoms with E-state index in [1.54, 1.807) is 24.3 Å². The van der Waals surface area contributed by atoms with Crippen LogP contribution in [0.2, 0.25) is 0 Å². The van der Waals surface area contributed by atoms with E-state index in [0.717, 1.165) is 11.3 Å². The highest BCUT2D eigenvalue weighted by Crippen LogP contribution is 2.21. The van der Waals surface area contributed by atoms with Crippen LogP contribution in [0.1, 0.15) is 25.3 Å². The summed E-state index contributed by atoms with van der Waals surface area (Å²) >= 11 is 0. The van der Waals surface area contributed by atoms with Crippen molar-refractivity contribution < 1.29 is 9.59 Å². The molecular weight excluding hydrogens is 242 g/mol. The molecule has 0 spiro atoms. The molecule has 5 nitrogen and oxygen atoms in total. The standard InChI is InChI=1S/C14H15N3O2/c1-2-10-7-13(18)17(14(19)16-9-10)12-5-3-11(8-15)4-6-12/h3-6,10H,2,7,9H2,1H3,(H,16,19). The van der Waals surface area contributed by atoms with Gasteiger partial charge in [0, 0.05) is 13.0 Å². The van der Waals surface area contributed by atoms with Gasteiger partial charge < -0.3 is 5.32 Å². The molecule has 1 unspecified atom stereocenters. The number of rotatable bonds is 2. The predicted octanol–water partition coefficient (Wildman–Crippen LogP) is 2.03. The Bertz CT molecular complexity index is 531. The van der Waals surface area contributed by atoms with Crippen LogP contribution in [0.3, 0.4) is 0 Å². The lowest BCUT2D eigenvalue weighted by Gasteiger charge is -2.18. The maximum absolute atomic E-state index is 12.1. The molecule has 0 aromatic heterocycles. The molecule has 19 heavy (non-hydrogen) atoms. The molecule has 98 valence electrons. The number of hydrogen-bond donors (Lipinski definition) is 1. The number of urea groups is 1. The van der Waals surface area contributed by atoms with Gasteiger partial charge in [-0.1, -0.05) is 13.3 Å². The number of nitrogens with zero attached hydrogens (tertiary/aromatic N) is 2. The highest BCUT2D eigenvalue weighted by atomic mass is 16.2. The molecule has 3 amide bonds. The lowest BCUT2D eigenvalue weighted by atomic mass is 10.0. The molecule has 1 fully saturated rings.